The molecule has 2 rings (SSSR count). The van der Waals surface area contributed by atoms with Gasteiger partial charge in [-0.1, -0.05) is 6.92 Å². The lowest BCUT2D eigenvalue weighted by Crippen LogP contribution is -2.31. The van der Waals surface area contributed by atoms with Gasteiger partial charge in [-0.2, -0.15) is 0 Å². The third-order valence-corrected chi connectivity index (χ3v) is 3.73. The van der Waals surface area contributed by atoms with Crippen molar-refractivity contribution in [3.05, 3.63) is 24.0 Å². The summed E-state index contributed by atoms with van der Waals surface area (Å²) in [5.74, 6) is -1.52. The number of carbonyl (C=O) groups is 2. The molecule has 0 aromatic carbocycles. The normalized spacial score (nSPS) is 21.9. The minimum Gasteiger partial charge on any atom is -0.481 e. The topological polar surface area (TPSA) is 73.7 Å². The first kappa shape index (κ1) is 14.3. The van der Waals surface area contributed by atoms with Gasteiger partial charge in [-0.3, -0.25) is 14.6 Å². The number of nitrogens with zero attached hydrogens (tertiary/aromatic N) is 3. The second kappa shape index (κ2) is 5.48. The van der Waals surface area contributed by atoms with E-state index in [0.29, 0.717) is 12.1 Å². The third-order valence-electron chi connectivity index (χ3n) is 3.73. The zero-order chi connectivity index (χ0) is 14.9. The summed E-state index contributed by atoms with van der Waals surface area (Å²) in [6, 6.07) is 1.78. The highest BCUT2D eigenvalue weighted by atomic mass is 16.4. The van der Waals surface area contributed by atoms with Gasteiger partial charge in [-0.05, 0) is 12.0 Å². The van der Waals surface area contributed by atoms with Crippen LogP contribution in [0.3, 0.4) is 0 Å². The molecule has 1 aliphatic rings. The van der Waals surface area contributed by atoms with Crippen LogP contribution in [0.25, 0.3) is 0 Å². The number of hydrogen-bond acceptors (Lipinski definition) is 4. The van der Waals surface area contributed by atoms with Gasteiger partial charge in [-0.25, -0.2) is 0 Å². The number of carboxylic acid groups (broad SMARTS) is 1. The van der Waals surface area contributed by atoms with E-state index in [2.05, 4.69) is 4.98 Å². The largest absolute Gasteiger partial charge is 0.481 e. The Morgan fingerprint density at radius 1 is 1.40 bits per heavy atom. The lowest BCUT2D eigenvalue weighted by atomic mass is 9.99. The summed E-state index contributed by atoms with van der Waals surface area (Å²) in [5, 5.41) is 9.14. The maximum absolute atomic E-state index is 12.6. The maximum Gasteiger partial charge on any atom is 0.308 e. The van der Waals surface area contributed by atoms with Crippen LogP contribution in [-0.4, -0.2) is 54.1 Å². The fourth-order valence-corrected chi connectivity index (χ4v) is 2.57. The number of pyridine rings is 1. The molecular weight excluding hydrogens is 258 g/mol. The van der Waals surface area contributed by atoms with Crippen molar-refractivity contribution in [2.24, 2.45) is 11.8 Å². The van der Waals surface area contributed by atoms with Crippen LogP contribution in [0.2, 0.25) is 0 Å². The van der Waals surface area contributed by atoms with E-state index in [9.17, 15) is 9.59 Å². The molecule has 2 atom stereocenters. The molecule has 1 aromatic heterocycles. The molecule has 6 heteroatoms. The van der Waals surface area contributed by atoms with Crippen LogP contribution >= 0.6 is 0 Å². The molecular formula is C14H19N3O3. The molecule has 108 valence electrons. The Morgan fingerprint density at radius 2 is 2.10 bits per heavy atom. The van der Waals surface area contributed by atoms with Crippen molar-refractivity contribution in [1.82, 2.24) is 9.88 Å². The van der Waals surface area contributed by atoms with Gasteiger partial charge in [0.2, 0.25) is 0 Å². The molecule has 0 saturated carbocycles. The van der Waals surface area contributed by atoms with Crippen molar-refractivity contribution >= 4 is 17.6 Å². The highest BCUT2D eigenvalue weighted by Crippen LogP contribution is 2.27. The van der Waals surface area contributed by atoms with Crippen LogP contribution in [0.15, 0.2) is 18.5 Å². The van der Waals surface area contributed by atoms with Gasteiger partial charge in [0.1, 0.15) is 0 Å². The molecule has 1 saturated heterocycles. The summed E-state index contributed by atoms with van der Waals surface area (Å²) < 4.78 is 0. The molecule has 1 aliphatic heterocycles. The van der Waals surface area contributed by atoms with Gasteiger partial charge in [0, 0.05) is 39.6 Å². The van der Waals surface area contributed by atoms with Gasteiger partial charge in [0.05, 0.1) is 17.2 Å². The summed E-state index contributed by atoms with van der Waals surface area (Å²) in [6.07, 6.45) is 3.18. The molecule has 20 heavy (non-hydrogen) atoms. The molecule has 1 fully saturated rings. The Balaban J connectivity index is 2.23. The van der Waals surface area contributed by atoms with Crippen LogP contribution in [0.1, 0.15) is 17.3 Å². The molecule has 1 aromatic rings. The number of aromatic nitrogens is 1. The number of anilines is 1. The van der Waals surface area contributed by atoms with Crippen LogP contribution in [0.5, 0.6) is 0 Å². The number of aliphatic carboxylic acids is 1. The smallest absolute Gasteiger partial charge is 0.308 e. The number of hydrogen-bond donors (Lipinski definition) is 1. The number of carboxylic acids is 1. The molecule has 0 unspecified atom stereocenters. The highest BCUT2D eigenvalue weighted by Gasteiger charge is 2.37. The van der Waals surface area contributed by atoms with Gasteiger partial charge in [-0.15, -0.1) is 0 Å². The van der Waals surface area contributed by atoms with E-state index in [1.807, 2.05) is 25.9 Å². The summed E-state index contributed by atoms with van der Waals surface area (Å²) in [5.41, 5.74) is 1.30. The second-order valence-corrected chi connectivity index (χ2v) is 5.42. The number of likely N-dealkylation sites (tertiary alicyclic amines) is 1. The van der Waals surface area contributed by atoms with E-state index >= 15 is 0 Å². The Morgan fingerprint density at radius 3 is 2.65 bits per heavy atom. The highest BCUT2D eigenvalue weighted by molar-refractivity contribution is 5.99. The van der Waals surface area contributed by atoms with E-state index in [-0.39, 0.29) is 18.4 Å². The van der Waals surface area contributed by atoms with Crippen LogP contribution in [0, 0.1) is 11.8 Å². The minimum atomic E-state index is -0.841. The van der Waals surface area contributed by atoms with Gasteiger partial charge in [0.15, 0.2) is 0 Å². The van der Waals surface area contributed by atoms with E-state index in [1.54, 1.807) is 17.2 Å². The number of amides is 1. The van der Waals surface area contributed by atoms with E-state index in [0.717, 1.165) is 5.69 Å². The number of carbonyl (C=O) groups excluding carboxylic acids is 1. The monoisotopic (exact) mass is 277 g/mol. The standard InChI is InChI=1S/C14H19N3O3/c1-9-7-17(8-11(9)14(19)20)13(18)10-6-15-5-4-12(10)16(2)3/h4-6,9,11H,7-8H2,1-3H3,(H,19,20)/t9-,11-/m1/s1. The molecule has 6 nitrogen and oxygen atoms in total. The SMILES string of the molecule is C[C@@H]1CN(C(=O)c2cnccc2N(C)C)C[C@H]1C(=O)O. The fraction of sp³-hybridized carbons (Fsp3) is 0.500. The van der Waals surface area contributed by atoms with E-state index in [4.69, 9.17) is 5.11 Å². The predicted octanol–water partition coefficient (Wildman–Crippen LogP) is 0.940. The van der Waals surface area contributed by atoms with Gasteiger partial charge in [0.25, 0.3) is 5.91 Å². The molecule has 2 heterocycles. The van der Waals surface area contributed by atoms with E-state index < -0.39 is 11.9 Å². The Labute approximate surface area is 118 Å². The fourth-order valence-electron chi connectivity index (χ4n) is 2.57. The zero-order valence-corrected chi connectivity index (χ0v) is 11.9. The first-order valence-corrected chi connectivity index (χ1v) is 6.55. The lowest BCUT2D eigenvalue weighted by molar-refractivity contribution is -0.142. The summed E-state index contributed by atoms with van der Waals surface area (Å²) in [4.78, 5) is 31.1. The van der Waals surface area contributed by atoms with Gasteiger partial charge < -0.3 is 14.9 Å². The average Bonchev–Trinajstić information content (AvgIpc) is 2.80. The predicted molar refractivity (Wildman–Crippen MR) is 74.8 cm³/mol. The van der Waals surface area contributed by atoms with Gasteiger partial charge >= 0.3 is 5.97 Å². The first-order chi connectivity index (χ1) is 9.41. The first-order valence-electron chi connectivity index (χ1n) is 6.55. The molecule has 0 spiro atoms. The molecule has 0 radical (unpaired) electrons. The van der Waals surface area contributed by atoms with Crippen LogP contribution in [-0.2, 0) is 4.79 Å². The minimum absolute atomic E-state index is 0.0315. The average molecular weight is 277 g/mol. The van der Waals surface area contributed by atoms with Crippen molar-refractivity contribution in [3.8, 4) is 0 Å². The van der Waals surface area contributed by atoms with E-state index in [1.165, 1.54) is 6.20 Å². The molecule has 0 aliphatic carbocycles. The summed E-state index contributed by atoms with van der Waals surface area (Å²) in [7, 11) is 3.72. The third kappa shape index (κ3) is 2.59. The van der Waals surface area contributed by atoms with Crippen LogP contribution in [0.4, 0.5) is 5.69 Å². The van der Waals surface area contributed by atoms with Crippen molar-refractivity contribution in [1.29, 1.82) is 0 Å². The number of rotatable bonds is 3. The Kier molecular flexibility index (Phi) is 3.92. The molecule has 1 N–H and O–H groups in total. The molecule has 0 bridgehead atoms. The summed E-state index contributed by atoms with van der Waals surface area (Å²) in [6.45, 7) is 2.59. The van der Waals surface area contributed by atoms with Crippen molar-refractivity contribution in [2.75, 3.05) is 32.1 Å². The lowest BCUT2D eigenvalue weighted by Gasteiger charge is -2.21. The Hall–Kier alpha value is -2.11. The second-order valence-electron chi connectivity index (χ2n) is 5.42. The van der Waals surface area contributed by atoms with Crippen molar-refractivity contribution in [3.63, 3.8) is 0 Å². The van der Waals surface area contributed by atoms with Crippen LogP contribution < -0.4 is 4.90 Å². The Bertz CT molecular complexity index is 530. The molecule has 1 amide bonds. The quantitative estimate of drug-likeness (QED) is 0.890. The van der Waals surface area contributed by atoms with Crippen molar-refractivity contribution < 1.29 is 14.7 Å². The summed E-state index contributed by atoms with van der Waals surface area (Å²) >= 11 is 0. The zero-order valence-electron chi connectivity index (χ0n) is 11.9. The maximum atomic E-state index is 12.6. The van der Waals surface area contributed by atoms with Crippen molar-refractivity contribution in [2.45, 2.75) is 6.92 Å².